The first-order chi connectivity index (χ1) is 18.5. The maximum Gasteiger partial charge on any atom is 0.421 e. The second-order valence-corrected chi connectivity index (χ2v) is 9.27. The van der Waals surface area contributed by atoms with E-state index in [2.05, 4.69) is 20.6 Å². The summed E-state index contributed by atoms with van der Waals surface area (Å²) >= 11 is 0. The number of carbonyl (C=O) groups is 1. The van der Waals surface area contributed by atoms with Gasteiger partial charge in [-0.1, -0.05) is 0 Å². The molecule has 2 N–H and O–H groups in total. The number of alkyl halides is 3. The highest BCUT2D eigenvalue weighted by Crippen LogP contribution is 2.36. The summed E-state index contributed by atoms with van der Waals surface area (Å²) in [6.45, 7) is 1.37. The lowest BCUT2D eigenvalue weighted by molar-refractivity contribution is -0.139. The number of nitrogens with zero attached hydrogens (tertiary/aromatic N) is 4. The second kappa shape index (κ2) is 10.1. The van der Waals surface area contributed by atoms with Crippen LogP contribution in [0.1, 0.15) is 31.4 Å². The average Bonchev–Trinajstić information content (AvgIpc) is 3.14. The molecule has 4 aromatic rings. The number of rotatable bonds is 7. The van der Waals surface area contributed by atoms with Gasteiger partial charge in [0.05, 0.1) is 22.8 Å². The number of benzene rings is 1. The number of nitrogens with one attached hydrogen (secondary N) is 2. The van der Waals surface area contributed by atoms with Gasteiger partial charge in [-0.05, 0) is 37.1 Å². The molecule has 1 saturated carbocycles. The van der Waals surface area contributed by atoms with Crippen LogP contribution in [0.4, 0.5) is 30.6 Å². The molecule has 1 aliphatic rings. The van der Waals surface area contributed by atoms with Gasteiger partial charge in [0, 0.05) is 51.6 Å². The fraction of sp³-hybridized carbons (Fsp3) is 0.308. The summed E-state index contributed by atoms with van der Waals surface area (Å²) in [4.78, 5) is 32.5. The molecule has 39 heavy (non-hydrogen) atoms. The van der Waals surface area contributed by atoms with Crippen LogP contribution in [-0.4, -0.2) is 38.2 Å². The molecule has 10 nitrogen and oxygen atoms in total. The van der Waals surface area contributed by atoms with Crippen molar-refractivity contribution in [1.82, 2.24) is 19.1 Å². The van der Waals surface area contributed by atoms with Gasteiger partial charge in [0.25, 0.3) is 5.56 Å². The first-order valence-corrected chi connectivity index (χ1v) is 12.0. The van der Waals surface area contributed by atoms with Crippen LogP contribution in [-0.2, 0) is 22.8 Å². The van der Waals surface area contributed by atoms with E-state index in [0.29, 0.717) is 41.2 Å². The van der Waals surface area contributed by atoms with Crippen molar-refractivity contribution >= 4 is 34.4 Å². The number of halogens is 3. The van der Waals surface area contributed by atoms with E-state index in [1.165, 1.54) is 26.4 Å². The van der Waals surface area contributed by atoms with Gasteiger partial charge in [-0.2, -0.15) is 13.2 Å². The Kier molecular flexibility index (Phi) is 6.76. The van der Waals surface area contributed by atoms with Crippen molar-refractivity contribution in [3.05, 3.63) is 64.7 Å². The number of amides is 1. The van der Waals surface area contributed by atoms with E-state index in [-0.39, 0.29) is 29.7 Å². The smallest absolute Gasteiger partial charge is 0.421 e. The number of ether oxygens (including phenoxy) is 2. The number of aromatic nitrogens is 4. The lowest BCUT2D eigenvalue weighted by Gasteiger charge is -2.35. The highest BCUT2D eigenvalue weighted by Gasteiger charge is 2.38. The van der Waals surface area contributed by atoms with Gasteiger partial charge in [-0.3, -0.25) is 9.59 Å². The Hall–Kier alpha value is -4.39. The van der Waals surface area contributed by atoms with Crippen molar-refractivity contribution in [1.29, 1.82) is 0 Å². The van der Waals surface area contributed by atoms with E-state index in [9.17, 15) is 22.8 Å². The molecule has 5 rings (SSSR count). The summed E-state index contributed by atoms with van der Waals surface area (Å²) < 4.78 is 55.1. The quantitative estimate of drug-likeness (QED) is 0.338. The normalized spacial score (nSPS) is 17.1. The molecule has 204 valence electrons. The number of carbonyl (C=O) groups excluding carboxylic acids is 1. The molecule has 1 fully saturated rings. The van der Waals surface area contributed by atoms with Crippen LogP contribution >= 0.6 is 0 Å². The highest BCUT2D eigenvalue weighted by molar-refractivity contribution is 5.87. The van der Waals surface area contributed by atoms with Crippen LogP contribution < -0.4 is 20.9 Å². The van der Waals surface area contributed by atoms with Crippen LogP contribution in [0.15, 0.2) is 53.6 Å². The van der Waals surface area contributed by atoms with Gasteiger partial charge in [-0.15, -0.1) is 0 Å². The molecule has 0 bridgehead atoms. The minimum Gasteiger partial charge on any atom is -0.457 e. The third-order valence-electron chi connectivity index (χ3n) is 6.52. The zero-order valence-corrected chi connectivity index (χ0v) is 21.2. The molecular formula is C26H25F3N6O4. The number of aryl methyl sites for hydroxylation is 1. The van der Waals surface area contributed by atoms with E-state index in [1.54, 1.807) is 41.9 Å². The van der Waals surface area contributed by atoms with Crippen LogP contribution in [0.5, 0.6) is 11.5 Å². The molecule has 1 amide bonds. The Morgan fingerprint density at radius 2 is 1.87 bits per heavy atom. The van der Waals surface area contributed by atoms with Gasteiger partial charge in [-0.25, -0.2) is 9.97 Å². The first kappa shape index (κ1) is 26.2. The molecule has 1 aromatic carbocycles. The Labute approximate surface area is 220 Å². The maximum atomic E-state index is 13.7. The number of pyridine rings is 2. The molecule has 3 heterocycles. The number of anilines is 3. The lowest BCUT2D eigenvalue weighted by Crippen LogP contribution is -2.39. The SMILES string of the molecule is CO[C@H]1C[C@@H](n2cc(Nc3nc4ccc(Oc5ccnc(NC(C)=O)c5)cc4n3C)cc(C(F)(F)F)c2=O)C1. The van der Waals surface area contributed by atoms with E-state index < -0.39 is 17.3 Å². The van der Waals surface area contributed by atoms with E-state index in [4.69, 9.17) is 9.47 Å². The van der Waals surface area contributed by atoms with Crippen molar-refractivity contribution in [3.63, 3.8) is 0 Å². The third-order valence-corrected chi connectivity index (χ3v) is 6.52. The van der Waals surface area contributed by atoms with Crippen LogP contribution in [0, 0.1) is 0 Å². The lowest BCUT2D eigenvalue weighted by atomic mass is 9.89. The fourth-order valence-corrected chi connectivity index (χ4v) is 4.44. The number of hydrogen-bond donors (Lipinski definition) is 2. The third kappa shape index (κ3) is 5.43. The number of methoxy groups -OCH3 is 1. The van der Waals surface area contributed by atoms with Crippen LogP contribution in [0.3, 0.4) is 0 Å². The van der Waals surface area contributed by atoms with Crippen molar-refractivity contribution in [2.45, 2.75) is 38.1 Å². The Bertz CT molecular complexity index is 1610. The van der Waals surface area contributed by atoms with Crippen molar-refractivity contribution < 1.29 is 27.4 Å². The molecule has 13 heteroatoms. The van der Waals surface area contributed by atoms with E-state index in [1.807, 2.05) is 0 Å². The number of fused-ring (bicyclic) bond motifs is 1. The monoisotopic (exact) mass is 542 g/mol. The summed E-state index contributed by atoms with van der Waals surface area (Å²) in [5.41, 5.74) is -1.03. The molecule has 0 spiro atoms. The predicted octanol–water partition coefficient (Wildman–Crippen LogP) is 4.99. The predicted molar refractivity (Wildman–Crippen MR) is 137 cm³/mol. The van der Waals surface area contributed by atoms with Gasteiger partial charge in [0.1, 0.15) is 22.9 Å². The highest BCUT2D eigenvalue weighted by atomic mass is 19.4. The second-order valence-electron chi connectivity index (χ2n) is 9.27. The van der Waals surface area contributed by atoms with Crippen LogP contribution in [0.25, 0.3) is 11.0 Å². The van der Waals surface area contributed by atoms with Crippen molar-refractivity contribution in [2.24, 2.45) is 7.05 Å². The first-order valence-electron chi connectivity index (χ1n) is 12.0. The van der Waals surface area contributed by atoms with Crippen LogP contribution in [0.2, 0.25) is 0 Å². The average molecular weight is 543 g/mol. The molecule has 0 radical (unpaired) electrons. The summed E-state index contributed by atoms with van der Waals surface area (Å²) in [7, 11) is 3.24. The zero-order valence-electron chi connectivity index (χ0n) is 21.2. The van der Waals surface area contributed by atoms with Gasteiger partial charge in [0.2, 0.25) is 11.9 Å². The van der Waals surface area contributed by atoms with Gasteiger partial charge < -0.3 is 29.2 Å². The topological polar surface area (TPSA) is 112 Å². The molecular weight excluding hydrogens is 517 g/mol. The Balaban J connectivity index is 1.44. The molecule has 0 aliphatic heterocycles. The number of hydrogen-bond acceptors (Lipinski definition) is 7. The van der Waals surface area contributed by atoms with E-state index in [0.717, 1.165) is 10.6 Å². The minimum absolute atomic E-state index is 0.0833. The molecule has 0 atom stereocenters. The molecule has 0 unspecified atom stereocenters. The summed E-state index contributed by atoms with van der Waals surface area (Å²) in [6, 6.07) is 8.77. The number of imidazole rings is 1. The van der Waals surface area contributed by atoms with E-state index >= 15 is 0 Å². The molecule has 3 aromatic heterocycles. The Morgan fingerprint density at radius 1 is 1.13 bits per heavy atom. The fourth-order valence-electron chi connectivity index (χ4n) is 4.44. The Morgan fingerprint density at radius 3 is 2.56 bits per heavy atom. The van der Waals surface area contributed by atoms with Gasteiger partial charge in [0.15, 0.2) is 0 Å². The summed E-state index contributed by atoms with van der Waals surface area (Å²) in [5, 5.41) is 5.52. The minimum atomic E-state index is -4.81. The van der Waals surface area contributed by atoms with Crippen molar-refractivity contribution in [3.8, 4) is 11.5 Å². The standard InChI is InChI=1S/C26H25F3N6O4/c1-14(36)31-23-12-18(6-7-30-23)39-17-4-5-21-22(11-17)34(2)25(33-21)32-15-8-20(26(27,28)29)24(37)35(13-15)16-9-19(10-16)38-3/h4-8,11-13,16,19H,9-10H2,1-3H3,(H,32,33)(H,30,31,36)/t16-,19+. The molecule has 1 aliphatic carbocycles. The summed E-state index contributed by atoms with van der Waals surface area (Å²) in [6.07, 6.45) is -1.11. The van der Waals surface area contributed by atoms with Gasteiger partial charge >= 0.3 is 6.18 Å². The van der Waals surface area contributed by atoms with Crippen molar-refractivity contribution in [2.75, 3.05) is 17.7 Å². The maximum absolute atomic E-state index is 13.7. The molecule has 0 saturated heterocycles. The summed E-state index contributed by atoms with van der Waals surface area (Å²) in [5.74, 6) is 1.28. The largest absolute Gasteiger partial charge is 0.457 e. The zero-order chi connectivity index (χ0) is 27.9.